The van der Waals surface area contributed by atoms with Gasteiger partial charge in [0.25, 0.3) is 0 Å². The van der Waals surface area contributed by atoms with Gasteiger partial charge in [0.15, 0.2) is 11.6 Å². The molecule has 21 heavy (non-hydrogen) atoms. The van der Waals surface area contributed by atoms with E-state index >= 15 is 0 Å². The van der Waals surface area contributed by atoms with Gasteiger partial charge in [0, 0.05) is 32.1 Å². The van der Waals surface area contributed by atoms with Gasteiger partial charge in [0.1, 0.15) is 0 Å². The minimum atomic E-state index is -0.842. The molecule has 1 atom stereocenters. The first-order valence-corrected chi connectivity index (χ1v) is 7.54. The molecule has 0 bridgehead atoms. The summed E-state index contributed by atoms with van der Waals surface area (Å²) >= 11 is 0. The molecule has 1 aliphatic heterocycles. The van der Waals surface area contributed by atoms with E-state index in [1.165, 1.54) is 12.5 Å². The number of likely N-dealkylation sites (tertiary alicyclic amines) is 1. The lowest BCUT2D eigenvalue weighted by atomic mass is 10.1. The van der Waals surface area contributed by atoms with Crippen molar-refractivity contribution in [1.82, 2.24) is 10.2 Å². The Hall–Kier alpha value is -1.49. The van der Waals surface area contributed by atoms with Gasteiger partial charge in [-0.15, -0.1) is 0 Å². The summed E-state index contributed by atoms with van der Waals surface area (Å²) in [7, 11) is 0. The molecule has 3 nitrogen and oxygen atoms in total. The molecule has 2 rings (SSSR count). The topological polar surface area (TPSA) is 32.3 Å². The summed E-state index contributed by atoms with van der Waals surface area (Å²) in [6.45, 7) is 4.13. The van der Waals surface area contributed by atoms with E-state index in [0.717, 1.165) is 32.0 Å². The number of amides is 1. The van der Waals surface area contributed by atoms with Crippen molar-refractivity contribution in [2.24, 2.45) is 0 Å². The third-order valence-electron chi connectivity index (χ3n) is 3.94. The van der Waals surface area contributed by atoms with Crippen LogP contribution in [0.2, 0.25) is 0 Å². The van der Waals surface area contributed by atoms with E-state index in [0.29, 0.717) is 18.5 Å². The Bertz CT molecular complexity index is 487. The van der Waals surface area contributed by atoms with Crippen molar-refractivity contribution in [1.29, 1.82) is 0 Å². The molecule has 0 aromatic heterocycles. The summed E-state index contributed by atoms with van der Waals surface area (Å²) in [5.41, 5.74) is 0.680. The van der Waals surface area contributed by atoms with Crippen LogP contribution in [0.5, 0.6) is 0 Å². The van der Waals surface area contributed by atoms with Crippen LogP contribution in [0.4, 0.5) is 8.78 Å². The first-order chi connectivity index (χ1) is 10.1. The van der Waals surface area contributed by atoms with Gasteiger partial charge in [-0.25, -0.2) is 8.78 Å². The van der Waals surface area contributed by atoms with Crippen molar-refractivity contribution in [3.05, 3.63) is 35.4 Å². The molecule has 0 radical (unpaired) electrons. The zero-order valence-corrected chi connectivity index (χ0v) is 12.4. The number of nitrogens with one attached hydrogen (secondary N) is 1. The quantitative estimate of drug-likeness (QED) is 0.906. The minimum Gasteiger partial charge on any atom is -0.343 e. The Morgan fingerprint density at radius 2 is 1.95 bits per heavy atom. The lowest BCUT2D eigenvalue weighted by Gasteiger charge is -2.27. The fourth-order valence-electron chi connectivity index (χ4n) is 2.60. The number of benzene rings is 1. The first kappa shape index (κ1) is 15.9. The molecular formula is C16H22F2N2O. The van der Waals surface area contributed by atoms with E-state index in [1.54, 1.807) is 6.07 Å². The lowest BCUT2D eigenvalue weighted by molar-refractivity contribution is -0.132. The third kappa shape index (κ3) is 4.49. The van der Waals surface area contributed by atoms with Crippen molar-refractivity contribution in [3.63, 3.8) is 0 Å². The molecule has 0 saturated carbocycles. The standard InChI is InChI=1S/C16H22F2N2O/c1-12(13-5-6-14(17)15(18)11-13)19-8-7-16(21)20-9-3-2-4-10-20/h5-6,11-12,19H,2-4,7-10H2,1H3. The average Bonchev–Trinajstić information content (AvgIpc) is 2.50. The molecule has 5 heteroatoms. The van der Waals surface area contributed by atoms with Crippen molar-refractivity contribution in [2.45, 2.75) is 38.6 Å². The van der Waals surface area contributed by atoms with Crippen molar-refractivity contribution in [3.8, 4) is 0 Å². The maximum Gasteiger partial charge on any atom is 0.223 e. The second-order valence-electron chi connectivity index (χ2n) is 5.54. The molecule has 1 amide bonds. The zero-order chi connectivity index (χ0) is 15.2. The van der Waals surface area contributed by atoms with Gasteiger partial charge in [-0.1, -0.05) is 6.07 Å². The number of hydrogen-bond donors (Lipinski definition) is 1. The minimum absolute atomic E-state index is 0.116. The Balaban J connectivity index is 1.76. The summed E-state index contributed by atoms with van der Waals surface area (Å²) in [5.74, 6) is -1.52. The first-order valence-electron chi connectivity index (χ1n) is 7.54. The van der Waals surface area contributed by atoms with E-state index < -0.39 is 11.6 Å². The lowest BCUT2D eigenvalue weighted by Crippen LogP contribution is -2.37. The SMILES string of the molecule is CC(NCCC(=O)N1CCCCC1)c1ccc(F)c(F)c1. The van der Waals surface area contributed by atoms with E-state index in [4.69, 9.17) is 0 Å². The predicted octanol–water partition coefficient (Wildman–Crippen LogP) is 3.02. The predicted molar refractivity (Wildman–Crippen MR) is 77.8 cm³/mol. The van der Waals surface area contributed by atoms with E-state index in [1.807, 2.05) is 11.8 Å². The van der Waals surface area contributed by atoms with Gasteiger partial charge in [0.05, 0.1) is 0 Å². The molecule has 1 aromatic rings. The van der Waals surface area contributed by atoms with Crippen LogP contribution in [0.1, 0.15) is 44.2 Å². The Morgan fingerprint density at radius 3 is 2.62 bits per heavy atom. The average molecular weight is 296 g/mol. The van der Waals surface area contributed by atoms with Gasteiger partial charge in [-0.2, -0.15) is 0 Å². The molecular weight excluding hydrogens is 274 g/mol. The normalized spacial score (nSPS) is 16.8. The summed E-state index contributed by atoms with van der Waals surface area (Å²) < 4.78 is 26.0. The number of nitrogens with zero attached hydrogens (tertiary/aromatic N) is 1. The molecule has 1 aliphatic rings. The van der Waals surface area contributed by atoms with Crippen LogP contribution in [0.25, 0.3) is 0 Å². The highest BCUT2D eigenvalue weighted by Gasteiger charge is 2.16. The maximum absolute atomic E-state index is 13.2. The van der Waals surface area contributed by atoms with Gasteiger partial charge in [-0.05, 0) is 43.9 Å². The second kappa shape index (κ2) is 7.50. The van der Waals surface area contributed by atoms with Crippen LogP contribution in [0.15, 0.2) is 18.2 Å². The zero-order valence-electron chi connectivity index (χ0n) is 12.4. The molecule has 1 fully saturated rings. The Morgan fingerprint density at radius 1 is 1.24 bits per heavy atom. The second-order valence-corrected chi connectivity index (χ2v) is 5.54. The van der Waals surface area contributed by atoms with E-state index in [-0.39, 0.29) is 11.9 Å². The van der Waals surface area contributed by atoms with Gasteiger partial charge >= 0.3 is 0 Å². The number of piperidine rings is 1. The van der Waals surface area contributed by atoms with Gasteiger partial charge < -0.3 is 10.2 Å². The number of hydrogen-bond acceptors (Lipinski definition) is 2. The Kier molecular flexibility index (Phi) is 5.67. The highest BCUT2D eigenvalue weighted by atomic mass is 19.2. The van der Waals surface area contributed by atoms with E-state index in [2.05, 4.69) is 5.32 Å². The summed E-state index contributed by atoms with van der Waals surface area (Å²) in [4.78, 5) is 13.9. The molecule has 0 aliphatic carbocycles. The summed E-state index contributed by atoms with van der Waals surface area (Å²) in [6, 6.07) is 3.76. The maximum atomic E-state index is 13.2. The Labute approximate surface area is 124 Å². The highest BCUT2D eigenvalue weighted by Crippen LogP contribution is 2.16. The molecule has 1 heterocycles. The van der Waals surface area contributed by atoms with Crippen LogP contribution in [0.3, 0.4) is 0 Å². The fraction of sp³-hybridized carbons (Fsp3) is 0.562. The van der Waals surface area contributed by atoms with Crippen LogP contribution < -0.4 is 5.32 Å². The van der Waals surface area contributed by atoms with Crippen molar-refractivity contribution in [2.75, 3.05) is 19.6 Å². The largest absolute Gasteiger partial charge is 0.343 e. The molecule has 1 saturated heterocycles. The smallest absolute Gasteiger partial charge is 0.223 e. The molecule has 1 aromatic carbocycles. The number of carbonyl (C=O) groups is 1. The van der Waals surface area contributed by atoms with Crippen LogP contribution in [-0.4, -0.2) is 30.4 Å². The van der Waals surface area contributed by atoms with Gasteiger partial charge in [0.2, 0.25) is 5.91 Å². The molecule has 1 unspecified atom stereocenters. The summed E-state index contributed by atoms with van der Waals surface area (Å²) in [5, 5.41) is 3.18. The van der Waals surface area contributed by atoms with Gasteiger partial charge in [-0.3, -0.25) is 4.79 Å². The third-order valence-corrected chi connectivity index (χ3v) is 3.94. The number of halogens is 2. The molecule has 0 spiro atoms. The molecule has 116 valence electrons. The highest BCUT2D eigenvalue weighted by molar-refractivity contribution is 5.76. The van der Waals surface area contributed by atoms with Crippen molar-refractivity contribution >= 4 is 5.91 Å². The van der Waals surface area contributed by atoms with E-state index in [9.17, 15) is 13.6 Å². The van der Waals surface area contributed by atoms with Crippen molar-refractivity contribution < 1.29 is 13.6 Å². The van der Waals surface area contributed by atoms with Crippen LogP contribution in [0, 0.1) is 11.6 Å². The summed E-state index contributed by atoms with van der Waals surface area (Å²) in [6.07, 6.45) is 3.82. The number of carbonyl (C=O) groups excluding carboxylic acids is 1. The molecule has 1 N–H and O–H groups in total. The fourth-order valence-corrected chi connectivity index (χ4v) is 2.60. The van der Waals surface area contributed by atoms with Crippen LogP contribution >= 0.6 is 0 Å². The van der Waals surface area contributed by atoms with Crippen LogP contribution in [-0.2, 0) is 4.79 Å². The monoisotopic (exact) mass is 296 g/mol. The number of rotatable bonds is 5.